The Morgan fingerprint density at radius 1 is 0.639 bits per heavy atom. The van der Waals surface area contributed by atoms with Gasteiger partial charge in [-0.2, -0.15) is 36.9 Å². The molecule has 2 N–H and O–H groups in total. The highest BCUT2D eigenvalue weighted by molar-refractivity contribution is 6.08. The maximum atomic E-state index is 14.4. The summed E-state index contributed by atoms with van der Waals surface area (Å²) in [6.45, 7) is 1.06. The summed E-state index contributed by atoms with van der Waals surface area (Å²) in [5.74, 6) is -2.20. The van der Waals surface area contributed by atoms with Gasteiger partial charge in [-0.1, -0.05) is 36.4 Å². The standard InChI is InChI=1S/C51H45F6N9O6/c1-66(22-4-11-41(67)68,23-5-20-62-29-39-42(46(62)69)44(33-16-12-31(27-58)13-17-33)60-48(71)64(39)37-9-2-7-35(25-37)50(52,53)54)24-6-21-63-30-40-43(47(63)70)45(34-18-14-32(28-59)15-19-34)61-49(72)65(40)38-10-3-8-36(26-38)51(55,56)57/h2-3,7-10,12-19,25-26,44-45H,4-6,11,20-24,29-30H2,1H3,(H2-,60,61,67,68,71,72). The molecule has 372 valence electrons. The lowest BCUT2D eigenvalue weighted by molar-refractivity contribution is -0.910. The van der Waals surface area contributed by atoms with Crippen LogP contribution in [-0.4, -0.2) is 97.0 Å². The predicted molar refractivity (Wildman–Crippen MR) is 244 cm³/mol. The summed E-state index contributed by atoms with van der Waals surface area (Å²) in [6, 6.07) is 21.3. The van der Waals surface area contributed by atoms with Gasteiger partial charge in [0.1, 0.15) is 0 Å². The Hall–Kier alpha value is -8.17. The van der Waals surface area contributed by atoms with Crippen molar-refractivity contribution in [3.63, 3.8) is 0 Å². The number of nitriles is 2. The number of benzene rings is 4. The van der Waals surface area contributed by atoms with Crippen LogP contribution in [0.3, 0.4) is 0 Å². The third-order valence-corrected chi connectivity index (χ3v) is 13.3. The first-order chi connectivity index (χ1) is 34.2. The quantitative estimate of drug-likeness (QED) is 0.0920. The summed E-state index contributed by atoms with van der Waals surface area (Å²) in [7, 11) is 1.89. The molecule has 4 aromatic carbocycles. The summed E-state index contributed by atoms with van der Waals surface area (Å²) in [6.07, 6.45) is -8.80. The summed E-state index contributed by atoms with van der Waals surface area (Å²) < 4.78 is 83.4. The van der Waals surface area contributed by atoms with E-state index in [1.54, 1.807) is 24.3 Å². The van der Waals surface area contributed by atoms with E-state index in [9.17, 15) is 65.9 Å². The normalized spacial score (nSPS) is 18.9. The van der Waals surface area contributed by atoms with Crippen LogP contribution in [0.15, 0.2) is 120 Å². The number of alkyl halides is 6. The molecule has 2 unspecified atom stereocenters. The first-order valence-electron chi connectivity index (χ1n) is 22.8. The molecular formula is C51H45F6N9O6. The number of carbonyl (C=O) groups is 5. The molecule has 0 saturated carbocycles. The molecule has 4 aliphatic heterocycles. The lowest BCUT2D eigenvalue weighted by atomic mass is 9.94. The van der Waals surface area contributed by atoms with Crippen LogP contribution in [0, 0.1) is 22.7 Å². The number of rotatable bonds is 16. The van der Waals surface area contributed by atoms with Crippen LogP contribution >= 0.6 is 0 Å². The second-order valence-electron chi connectivity index (χ2n) is 18.1. The smallest absolute Gasteiger partial charge is 0.416 e. The fourth-order valence-electron chi connectivity index (χ4n) is 9.77. The van der Waals surface area contributed by atoms with Gasteiger partial charge < -0.3 is 34.8 Å². The summed E-state index contributed by atoms with van der Waals surface area (Å²) in [5.41, 5.74) is 0.0121. The number of carbonyl (C=O) groups excluding carboxylic acids is 5. The predicted octanol–water partition coefficient (Wildman–Crippen LogP) is 6.66. The summed E-state index contributed by atoms with van der Waals surface area (Å²) in [5, 5.41) is 35.8. The van der Waals surface area contributed by atoms with Gasteiger partial charge in [0.2, 0.25) is 0 Å². The minimum atomic E-state index is -4.72. The molecular weight excluding hydrogens is 949 g/mol. The van der Waals surface area contributed by atoms with E-state index >= 15 is 0 Å². The molecule has 0 fully saturated rings. The number of carboxylic acid groups (broad SMARTS) is 1. The van der Waals surface area contributed by atoms with E-state index in [4.69, 9.17) is 0 Å². The van der Waals surface area contributed by atoms with Gasteiger partial charge >= 0.3 is 24.4 Å². The Morgan fingerprint density at radius 2 is 1.03 bits per heavy atom. The zero-order chi connectivity index (χ0) is 51.7. The van der Waals surface area contributed by atoms with Gasteiger partial charge in [0.15, 0.2) is 0 Å². The van der Waals surface area contributed by atoms with Crippen molar-refractivity contribution in [2.24, 2.45) is 0 Å². The SMILES string of the molecule is C[N+](CCCC(=O)[O-])(CCCN1CC2=C(C1=O)C(c1ccc(C#N)cc1)NC(=O)N2c1cccc(C(F)(F)F)c1)CCCN1CC2=C(C1=O)C(c1ccc(C#N)cc1)NC(=O)N2c1cccc(C(F)(F)F)c1. The molecule has 2 atom stereocenters. The molecule has 4 aliphatic rings. The number of halogens is 6. The van der Waals surface area contributed by atoms with Crippen molar-refractivity contribution in [3.8, 4) is 12.1 Å². The third kappa shape index (κ3) is 10.3. The minimum absolute atomic E-state index is 0.108. The van der Waals surface area contributed by atoms with E-state index < -0.39 is 65.4 Å². The van der Waals surface area contributed by atoms with Crippen molar-refractivity contribution in [3.05, 3.63) is 153 Å². The fraction of sp³-hybridized carbons (Fsp3) is 0.314. The molecule has 0 saturated heterocycles. The first kappa shape index (κ1) is 50.2. The van der Waals surface area contributed by atoms with Gasteiger partial charge in [0.05, 0.1) is 120 Å². The Balaban J connectivity index is 1.00. The van der Waals surface area contributed by atoms with Gasteiger partial charge in [-0.3, -0.25) is 19.4 Å². The van der Waals surface area contributed by atoms with Crippen LogP contribution < -0.4 is 25.5 Å². The van der Waals surface area contributed by atoms with Crippen molar-refractivity contribution in [2.45, 2.75) is 50.1 Å². The molecule has 21 heteroatoms. The van der Waals surface area contributed by atoms with Crippen LogP contribution in [0.1, 0.15) is 71.1 Å². The van der Waals surface area contributed by atoms with Gasteiger partial charge in [-0.05, 0) is 78.2 Å². The number of hydrogen-bond acceptors (Lipinski definition) is 8. The van der Waals surface area contributed by atoms with Crippen molar-refractivity contribution in [1.29, 1.82) is 10.5 Å². The van der Waals surface area contributed by atoms with Crippen molar-refractivity contribution < 1.29 is 59.9 Å². The van der Waals surface area contributed by atoms with Crippen LogP contribution in [0.5, 0.6) is 0 Å². The highest BCUT2D eigenvalue weighted by Gasteiger charge is 2.47. The molecule has 6 amide bonds. The van der Waals surface area contributed by atoms with E-state index in [0.29, 0.717) is 54.7 Å². The monoisotopic (exact) mass is 993 g/mol. The van der Waals surface area contributed by atoms with Crippen molar-refractivity contribution in [2.75, 3.05) is 62.7 Å². The van der Waals surface area contributed by atoms with Crippen LogP contribution in [-0.2, 0) is 26.7 Å². The zero-order valence-corrected chi connectivity index (χ0v) is 38.5. The average molecular weight is 994 g/mol. The van der Waals surface area contributed by atoms with Crippen LogP contribution in [0.4, 0.5) is 47.3 Å². The van der Waals surface area contributed by atoms with Crippen molar-refractivity contribution >= 4 is 41.2 Å². The van der Waals surface area contributed by atoms with Crippen LogP contribution in [0.25, 0.3) is 0 Å². The molecule has 0 bridgehead atoms. The number of urea groups is 2. The molecule has 0 aromatic heterocycles. The maximum Gasteiger partial charge on any atom is 0.416 e. The van der Waals surface area contributed by atoms with E-state index in [1.165, 1.54) is 46.2 Å². The van der Waals surface area contributed by atoms with E-state index in [2.05, 4.69) is 10.6 Å². The van der Waals surface area contributed by atoms with Gasteiger partial charge in [-0.15, -0.1) is 0 Å². The molecule has 4 aromatic rings. The van der Waals surface area contributed by atoms with E-state index in [0.717, 1.165) is 46.2 Å². The van der Waals surface area contributed by atoms with Gasteiger partial charge in [0, 0.05) is 38.3 Å². The molecule has 0 aliphatic carbocycles. The number of amides is 6. The number of quaternary nitrogens is 1. The highest BCUT2D eigenvalue weighted by Crippen LogP contribution is 2.42. The topological polar surface area (TPSA) is 193 Å². The van der Waals surface area contributed by atoms with Crippen molar-refractivity contribution in [1.82, 2.24) is 20.4 Å². The average Bonchev–Trinajstić information content (AvgIpc) is 3.84. The third-order valence-electron chi connectivity index (χ3n) is 13.3. The molecule has 15 nitrogen and oxygen atoms in total. The van der Waals surface area contributed by atoms with Gasteiger partial charge in [-0.25, -0.2) is 9.59 Å². The van der Waals surface area contributed by atoms with Gasteiger partial charge in [0.25, 0.3) is 11.8 Å². The summed E-state index contributed by atoms with van der Waals surface area (Å²) >= 11 is 0. The number of aliphatic carboxylic acids is 1. The number of anilines is 2. The highest BCUT2D eigenvalue weighted by atomic mass is 19.4. The molecule has 8 rings (SSSR count). The molecule has 0 spiro atoms. The zero-order valence-electron chi connectivity index (χ0n) is 38.5. The first-order valence-corrected chi connectivity index (χ1v) is 22.8. The molecule has 72 heavy (non-hydrogen) atoms. The van der Waals surface area contributed by atoms with Crippen LogP contribution in [0.2, 0.25) is 0 Å². The maximum absolute atomic E-state index is 14.4. The molecule has 4 heterocycles. The van der Waals surface area contributed by atoms with E-state index in [-0.39, 0.29) is 77.4 Å². The number of carboxylic acids is 1. The Bertz CT molecular complexity index is 2790. The number of nitrogens with zero attached hydrogens (tertiary/aromatic N) is 7. The van der Waals surface area contributed by atoms with E-state index in [1.807, 2.05) is 19.2 Å². The lowest BCUT2D eigenvalue weighted by Gasteiger charge is -2.36. The lowest BCUT2D eigenvalue weighted by Crippen LogP contribution is -2.48. The number of nitrogens with one attached hydrogen (secondary N) is 2. The number of hydrogen-bond donors (Lipinski definition) is 2. The minimum Gasteiger partial charge on any atom is -0.550 e. The Kier molecular flexibility index (Phi) is 13.9. The Labute approximate surface area is 409 Å². The summed E-state index contributed by atoms with van der Waals surface area (Å²) in [4.78, 5) is 73.1. The fourth-order valence-corrected chi connectivity index (χ4v) is 9.77. The molecule has 0 radical (unpaired) electrons. The Morgan fingerprint density at radius 3 is 1.39 bits per heavy atom. The second kappa shape index (κ2) is 19.9. The second-order valence-corrected chi connectivity index (χ2v) is 18.1. The largest absolute Gasteiger partial charge is 0.550 e.